The van der Waals surface area contributed by atoms with Crippen molar-refractivity contribution in [3.05, 3.63) is 42.4 Å². The van der Waals surface area contributed by atoms with Gasteiger partial charge in [0.2, 0.25) is 5.88 Å². The second-order valence-corrected chi connectivity index (χ2v) is 8.02. The molecule has 2 bridgehead atoms. The summed E-state index contributed by atoms with van der Waals surface area (Å²) in [6.45, 7) is 1.60. The zero-order valence-electron chi connectivity index (χ0n) is 17.3. The Hall–Kier alpha value is -3.63. The normalized spacial score (nSPS) is 20.2. The van der Waals surface area contributed by atoms with Gasteiger partial charge in [-0.1, -0.05) is 6.07 Å². The van der Waals surface area contributed by atoms with Crippen LogP contribution in [-0.2, 0) is 0 Å². The van der Waals surface area contributed by atoms with E-state index in [2.05, 4.69) is 32.4 Å². The van der Waals surface area contributed by atoms with Gasteiger partial charge in [0.1, 0.15) is 23.4 Å². The van der Waals surface area contributed by atoms with Gasteiger partial charge in [0.25, 0.3) is 11.8 Å². The molecule has 0 aromatic carbocycles. The van der Waals surface area contributed by atoms with Crippen LogP contribution in [0.15, 0.2) is 36.8 Å². The van der Waals surface area contributed by atoms with Crippen LogP contribution in [-0.4, -0.2) is 56.3 Å². The zero-order chi connectivity index (χ0) is 22.3. The molecule has 11 heteroatoms. The Labute approximate surface area is 182 Å². The number of aromatic nitrogens is 5. The third-order valence-corrected chi connectivity index (χ3v) is 5.56. The lowest BCUT2D eigenvalue weighted by atomic mass is 10.1. The predicted octanol–water partition coefficient (Wildman–Crippen LogP) is 3.18. The lowest BCUT2D eigenvalue weighted by Gasteiger charge is -2.40. The molecule has 1 atom stereocenters. The van der Waals surface area contributed by atoms with E-state index in [1.54, 1.807) is 24.5 Å². The smallest absolute Gasteiger partial charge is 0.282 e. The molecule has 2 aliphatic heterocycles. The quantitative estimate of drug-likeness (QED) is 0.619. The fourth-order valence-electron chi connectivity index (χ4n) is 3.83. The number of hydrogen-bond donors (Lipinski definition) is 1. The summed E-state index contributed by atoms with van der Waals surface area (Å²) in [5.74, 6) is -2.14. The molecule has 0 spiro atoms. The summed E-state index contributed by atoms with van der Waals surface area (Å²) in [5, 5.41) is 11.0. The average molecular weight is 441 g/mol. The average Bonchev–Trinajstić information content (AvgIpc) is 3.24. The third kappa shape index (κ3) is 3.85. The van der Waals surface area contributed by atoms with Crippen molar-refractivity contribution in [3.63, 3.8) is 0 Å². The number of alkyl halides is 2. The van der Waals surface area contributed by atoms with Crippen LogP contribution in [0.4, 0.5) is 20.3 Å². The molecule has 0 saturated carbocycles. The minimum absolute atomic E-state index is 0.106. The number of halogens is 2. The summed E-state index contributed by atoms with van der Waals surface area (Å²) in [4.78, 5) is 23.3. The Morgan fingerprint density at radius 2 is 2.12 bits per heavy atom. The molecule has 1 fully saturated rings. The third-order valence-electron chi connectivity index (χ3n) is 5.56. The highest BCUT2D eigenvalue weighted by Gasteiger charge is 2.44. The van der Waals surface area contributed by atoms with Crippen molar-refractivity contribution in [3.8, 4) is 17.4 Å². The summed E-state index contributed by atoms with van der Waals surface area (Å²) in [7, 11) is 0. The number of fused-ring (bicyclic) bond motifs is 5. The van der Waals surface area contributed by atoms with Crippen molar-refractivity contribution in [2.75, 3.05) is 29.9 Å². The molecule has 3 aromatic heterocycles. The van der Waals surface area contributed by atoms with Crippen LogP contribution in [0.5, 0.6) is 5.88 Å². The maximum absolute atomic E-state index is 13.3. The predicted molar refractivity (Wildman–Crippen MR) is 112 cm³/mol. The molecule has 1 amide bonds. The molecular formula is C21H21F2N7O2. The maximum atomic E-state index is 13.3. The monoisotopic (exact) mass is 441 g/mol. The number of rotatable bonds is 1. The summed E-state index contributed by atoms with van der Waals surface area (Å²) < 4.78 is 34.4. The van der Waals surface area contributed by atoms with Gasteiger partial charge in [-0.2, -0.15) is 0 Å². The summed E-state index contributed by atoms with van der Waals surface area (Å²) >= 11 is 0. The minimum Gasteiger partial charge on any atom is -0.477 e. The Bertz CT molecular complexity index is 1160. The van der Waals surface area contributed by atoms with Crippen molar-refractivity contribution in [1.29, 1.82) is 0 Å². The van der Waals surface area contributed by atoms with Gasteiger partial charge in [0.05, 0.1) is 31.6 Å². The topological polar surface area (TPSA) is 98.1 Å². The highest BCUT2D eigenvalue weighted by molar-refractivity contribution is 6.06. The number of carbonyl (C=O) groups is 1. The molecule has 1 saturated heterocycles. The minimum atomic E-state index is -2.73. The molecule has 32 heavy (non-hydrogen) atoms. The maximum Gasteiger partial charge on any atom is 0.282 e. The zero-order valence-corrected chi connectivity index (χ0v) is 17.3. The second-order valence-electron chi connectivity index (χ2n) is 8.02. The number of carbonyl (C=O) groups excluding carboxylic acids is 1. The number of nitrogens with zero attached hydrogens (tertiary/aromatic N) is 6. The number of pyridine rings is 2. The van der Waals surface area contributed by atoms with Gasteiger partial charge in [0, 0.05) is 6.04 Å². The van der Waals surface area contributed by atoms with E-state index in [1.807, 2.05) is 4.57 Å². The Balaban J connectivity index is 1.50. The van der Waals surface area contributed by atoms with Crippen molar-refractivity contribution in [2.24, 2.45) is 0 Å². The van der Waals surface area contributed by atoms with Gasteiger partial charge in [-0.05, 0) is 38.0 Å². The van der Waals surface area contributed by atoms with Crippen LogP contribution in [0, 0.1) is 0 Å². The first-order valence-corrected chi connectivity index (χ1v) is 10.3. The van der Waals surface area contributed by atoms with E-state index >= 15 is 0 Å². The molecule has 0 aliphatic carbocycles. The lowest BCUT2D eigenvalue weighted by Crippen LogP contribution is -2.56. The van der Waals surface area contributed by atoms with Crippen molar-refractivity contribution >= 4 is 17.4 Å². The van der Waals surface area contributed by atoms with E-state index in [0.29, 0.717) is 36.1 Å². The Kier molecular flexibility index (Phi) is 4.95. The number of anilines is 2. The molecule has 3 aromatic rings. The Morgan fingerprint density at radius 3 is 2.94 bits per heavy atom. The number of hydrogen-bond acceptors (Lipinski definition) is 7. The van der Waals surface area contributed by atoms with Crippen LogP contribution in [0.3, 0.4) is 0 Å². The van der Waals surface area contributed by atoms with Gasteiger partial charge in [-0.25, -0.2) is 18.7 Å². The summed E-state index contributed by atoms with van der Waals surface area (Å²) in [6.07, 6.45) is 4.61. The van der Waals surface area contributed by atoms with Crippen molar-refractivity contribution < 1.29 is 18.3 Å². The van der Waals surface area contributed by atoms with E-state index < -0.39 is 24.9 Å². The summed E-state index contributed by atoms with van der Waals surface area (Å²) in [5.41, 5.74) is 1.19. The first-order chi connectivity index (χ1) is 15.4. The van der Waals surface area contributed by atoms with Crippen molar-refractivity contribution in [1.82, 2.24) is 24.7 Å². The molecule has 9 nitrogen and oxygen atoms in total. The van der Waals surface area contributed by atoms with Crippen LogP contribution < -0.4 is 15.0 Å². The molecular weight excluding hydrogens is 420 g/mol. The molecule has 5 heterocycles. The van der Waals surface area contributed by atoms with Gasteiger partial charge in [-0.3, -0.25) is 4.79 Å². The van der Waals surface area contributed by atoms with Gasteiger partial charge < -0.3 is 19.5 Å². The highest BCUT2D eigenvalue weighted by atomic mass is 19.3. The van der Waals surface area contributed by atoms with E-state index in [0.717, 1.165) is 6.42 Å². The molecule has 0 unspecified atom stereocenters. The van der Waals surface area contributed by atoms with Crippen LogP contribution >= 0.6 is 0 Å². The second kappa shape index (κ2) is 7.81. The summed E-state index contributed by atoms with van der Waals surface area (Å²) in [6, 6.07) is 6.86. The first-order valence-electron chi connectivity index (χ1n) is 10.3. The van der Waals surface area contributed by atoms with Crippen molar-refractivity contribution in [2.45, 2.75) is 31.7 Å². The van der Waals surface area contributed by atoms with E-state index in [4.69, 9.17) is 4.74 Å². The van der Waals surface area contributed by atoms with E-state index in [9.17, 15) is 13.6 Å². The Morgan fingerprint density at radius 1 is 1.28 bits per heavy atom. The molecule has 0 radical (unpaired) electrons. The van der Waals surface area contributed by atoms with Crippen LogP contribution in [0.2, 0.25) is 0 Å². The number of ether oxygens (including phenoxy) is 1. The van der Waals surface area contributed by atoms with Crippen LogP contribution in [0.25, 0.3) is 11.5 Å². The number of amides is 1. The standard InChI is InChI=1S/C21H21F2N7O2/c1-13-4-3-7-32-20-15(8-14(9-24-20)29-10-21(22,23)11-29)19(31)27-17-6-2-5-16(26-17)18-28-25-12-30(13)18/h2,5-6,8-9,12-13H,3-4,7,10-11H2,1H3,(H,26,27,31)/t13-/m0/s1. The molecule has 2 aliphatic rings. The molecule has 166 valence electrons. The van der Waals surface area contributed by atoms with E-state index in [-0.39, 0.29) is 17.5 Å². The molecule has 1 N–H and O–H groups in total. The van der Waals surface area contributed by atoms with Gasteiger partial charge in [0.15, 0.2) is 5.82 Å². The molecule has 5 rings (SSSR count). The SMILES string of the molecule is C[C@H]1CCCOc2ncc(N3CC(F)(F)C3)cc2C(=O)Nc2cccc(n2)-c2nncn21. The largest absolute Gasteiger partial charge is 0.477 e. The number of nitrogens with one attached hydrogen (secondary N) is 1. The lowest BCUT2D eigenvalue weighted by molar-refractivity contribution is -0.0262. The fourth-order valence-corrected chi connectivity index (χ4v) is 3.83. The van der Waals surface area contributed by atoms with Gasteiger partial charge >= 0.3 is 0 Å². The first kappa shape index (κ1) is 20.3. The van der Waals surface area contributed by atoms with Gasteiger partial charge in [-0.15, -0.1) is 10.2 Å². The highest BCUT2D eigenvalue weighted by Crippen LogP contribution is 2.33. The van der Waals surface area contributed by atoms with Crippen LogP contribution in [0.1, 0.15) is 36.2 Å². The fraction of sp³-hybridized carbons (Fsp3) is 0.381. The van der Waals surface area contributed by atoms with E-state index in [1.165, 1.54) is 17.2 Å².